The molecule has 1 N–H and O–H groups in total. The summed E-state index contributed by atoms with van der Waals surface area (Å²) in [7, 11) is 0. The number of rotatable bonds is 3. The molecule has 0 unspecified atom stereocenters. The Bertz CT molecular complexity index is 893. The Morgan fingerprint density at radius 3 is 2.73 bits per heavy atom. The van der Waals surface area contributed by atoms with Crippen molar-refractivity contribution in [2.24, 2.45) is 0 Å². The molecule has 0 aliphatic carbocycles. The number of aromatic nitrogens is 3. The summed E-state index contributed by atoms with van der Waals surface area (Å²) in [5.74, 6) is -0.809. The van der Waals surface area contributed by atoms with Crippen molar-refractivity contribution in [1.82, 2.24) is 14.5 Å². The molecule has 3 rings (SSSR count). The summed E-state index contributed by atoms with van der Waals surface area (Å²) in [5, 5.41) is 2.73. The van der Waals surface area contributed by atoms with Crippen molar-refractivity contribution in [3.05, 3.63) is 65.0 Å². The van der Waals surface area contributed by atoms with Crippen LogP contribution in [0.4, 0.5) is 10.3 Å². The second-order valence-corrected chi connectivity index (χ2v) is 4.56. The molecule has 110 valence electrons. The Morgan fingerprint density at radius 1 is 1.18 bits per heavy atom. The van der Waals surface area contributed by atoms with Crippen LogP contribution in [-0.2, 0) is 11.3 Å². The number of hydrogen-bond acceptors (Lipinski definition) is 4. The lowest BCUT2D eigenvalue weighted by molar-refractivity contribution is -0.116. The number of nitrogens with one attached hydrogen (secondary N) is 1. The summed E-state index contributed by atoms with van der Waals surface area (Å²) < 4.78 is 15.4. The fraction of sp³-hybridized carbons (Fsp3) is 0.0667. The molecule has 6 nitrogen and oxygen atoms in total. The number of carbonyl (C=O) groups excluding carboxylic acids is 1. The van der Waals surface area contributed by atoms with Gasteiger partial charge in [0.05, 0.1) is 5.52 Å². The first-order valence-corrected chi connectivity index (χ1v) is 6.50. The van der Waals surface area contributed by atoms with Crippen LogP contribution in [0.15, 0.2) is 53.7 Å². The largest absolute Gasteiger partial charge is 0.335 e. The van der Waals surface area contributed by atoms with Gasteiger partial charge in [-0.05, 0) is 18.2 Å². The van der Waals surface area contributed by atoms with Gasteiger partial charge in [0, 0.05) is 30.0 Å². The third-order valence-electron chi connectivity index (χ3n) is 3.08. The predicted octanol–water partition coefficient (Wildman–Crippen LogP) is 1.57. The Hall–Kier alpha value is -3.09. The van der Waals surface area contributed by atoms with Crippen molar-refractivity contribution in [2.75, 3.05) is 5.32 Å². The number of hydrogen-bond donors (Lipinski definition) is 1. The fourth-order valence-electron chi connectivity index (χ4n) is 2.14. The smallest absolute Gasteiger partial charge is 0.246 e. The summed E-state index contributed by atoms with van der Waals surface area (Å²) in [6, 6.07) is 7.15. The summed E-state index contributed by atoms with van der Waals surface area (Å²) >= 11 is 0. The van der Waals surface area contributed by atoms with Crippen LogP contribution in [0, 0.1) is 5.82 Å². The van der Waals surface area contributed by atoms with Crippen molar-refractivity contribution < 1.29 is 9.18 Å². The van der Waals surface area contributed by atoms with Gasteiger partial charge in [-0.15, -0.1) is 0 Å². The first kappa shape index (κ1) is 13.9. The molecule has 0 aliphatic heterocycles. The summed E-state index contributed by atoms with van der Waals surface area (Å²) in [6.07, 6.45) is 4.38. The molecule has 2 aromatic heterocycles. The minimum atomic E-state index is -0.557. The van der Waals surface area contributed by atoms with Crippen LogP contribution >= 0.6 is 0 Å². The molecule has 0 atom stereocenters. The number of benzene rings is 1. The number of amides is 1. The van der Waals surface area contributed by atoms with Gasteiger partial charge >= 0.3 is 0 Å². The van der Waals surface area contributed by atoms with Crippen molar-refractivity contribution in [3.8, 4) is 0 Å². The van der Waals surface area contributed by atoms with Gasteiger partial charge < -0.3 is 4.57 Å². The van der Waals surface area contributed by atoms with Crippen LogP contribution in [0.3, 0.4) is 0 Å². The van der Waals surface area contributed by atoms with Crippen LogP contribution in [0.5, 0.6) is 0 Å². The number of carbonyl (C=O) groups is 1. The van der Waals surface area contributed by atoms with Crippen LogP contribution in [0.1, 0.15) is 0 Å². The van der Waals surface area contributed by atoms with Gasteiger partial charge in [0.25, 0.3) is 0 Å². The lowest BCUT2D eigenvalue weighted by atomic mass is 10.2. The van der Waals surface area contributed by atoms with Crippen molar-refractivity contribution in [2.45, 2.75) is 6.54 Å². The van der Waals surface area contributed by atoms with E-state index in [0.717, 1.165) is 0 Å². The number of para-hydroxylation sites is 1. The van der Waals surface area contributed by atoms with E-state index in [1.54, 1.807) is 6.07 Å². The third kappa shape index (κ3) is 2.69. The van der Waals surface area contributed by atoms with Crippen molar-refractivity contribution in [1.29, 1.82) is 0 Å². The van der Waals surface area contributed by atoms with Gasteiger partial charge in [0.15, 0.2) is 5.43 Å². The van der Waals surface area contributed by atoms with Crippen LogP contribution < -0.4 is 10.7 Å². The van der Waals surface area contributed by atoms with Gasteiger partial charge in [0.2, 0.25) is 11.9 Å². The highest BCUT2D eigenvalue weighted by atomic mass is 19.1. The molecule has 0 fully saturated rings. The Morgan fingerprint density at radius 2 is 1.95 bits per heavy atom. The van der Waals surface area contributed by atoms with E-state index in [9.17, 15) is 14.0 Å². The minimum Gasteiger partial charge on any atom is -0.335 e. The zero-order valence-corrected chi connectivity index (χ0v) is 11.4. The molecular formula is C15H11FN4O2. The number of fused-ring (bicyclic) bond motifs is 1. The van der Waals surface area contributed by atoms with Gasteiger partial charge in [-0.1, -0.05) is 6.07 Å². The SMILES string of the molecule is O=C(Cn1ccc(=O)c2cccc(F)c21)Nc1ncccn1. The first-order chi connectivity index (χ1) is 10.6. The number of anilines is 1. The molecule has 0 bridgehead atoms. The molecule has 0 aliphatic rings. The molecule has 7 heteroatoms. The number of pyridine rings is 1. The quantitative estimate of drug-likeness (QED) is 0.796. The molecular weight excluding hydrogens is 287 g/mol. The summed E-state index contributed by atoms with van der Waals surface area (Å²) in [4.78, 5) is 31.5. The van der Waals surface area contributed by atoms with E-state index in [4.69, 9.17) is 0 Å². The topological polar surface area (TPSA) is 76.9 Å². The van der Waals surface area contributed by atoms with Gasteiger partial charge in [-0.3, -0.25) is 14.9 Å². The van der Waals surface area contributed by atoms with E-state index < -0.39 is 11.7 Å². The fourth-order valence-corrected chi connectivity index (χ4v) is 2.14. The molecule has 0 saturated heterocycles. The highest BCUT2D eigenvalue weighted by Gasteiger charge is 2.11. The standard InChI is InChI=1S/C15H11FN4O2/c16-11-4-1-3-10-12(21)5-8-20(14(10)11)9-13(22)19-15-17-6-2-7-18-15/h1-8H,9H2,(H,17,18,19,22). The monoisotopic (exact) mass is 298 g/mol. The lowest BCUT2D eigenvalue weighted by Crippen LogP contribution is -2.21. The van der Waals surface area contributed by atoms with Crippen LogP contribution in [-0.4, -0.2) is 20.4 Å². The molecule has 1 amide bonds. The average Bonchev–Trinajstić information content (AvgIpc) is 2.51. The molecule has 0 spiro atoms. The highest BCUT2D eigenvalue weighted by Crippen LogP contribution is 2.14. The zero-order valence-electron chi connectivity index (χ0n) is 11.4. The second-order valence-electron chi connectivity index (χ2n) is 4.56. The van der Waals surface area contributed by atoms with Gasteiger partial charge in [-0.2, -0.15) is 0 Å². The molecule has 2 heterocycles. The average molecular weight is 298 g/mol. The number of halogens is 1. The van der Waals surface area contributed by atoms with Gasteiger partial charge in [-0.25, -0.2) is 14.4 Å². The van der Waals surface area contributed by atoms with E-state index in [-0.39, 0.29) is 28.8 Å². The number of nitrogens with zero attached hydrogens (tertiary/aromatic N) is 3. The van der Waals surface area contributed by atoms with Crippen molar-refractivity contribution in [3.63, 3.8) is 0 Å². The Balaban J connectivity index is 1.93. The Kier molecular flexibility index (Phi) is 3.61. The molecule has 22 heavy (non-hydrogen) atoms. The minimum absolute atomic E-state index is 0.0964. The van der Waals surface area contributed by atoms with E-state index >= 15 is 0 Å². The van der Waals surface area contributed by atoms with Gasteiger partial charge in [0.1, 0.15) is 12.4 Å². The van der Waals surface area contributed by atoms with E-state index in [2.05, 4.69) is 15.3 Å². The normalized spacial score (nSPS) is 10.6. The van der Waals surface area contributed by atoms with Crippen molar-refractivity contribution >= 4 is 22.8 Å². The zero-order chi connectivity index (χ0) is 15.5. The maximum atomic E-state index is 14.0. The Labute approximate surface area is 124 Å². The molecule has 0 radical (unpaired) electrons. The maximum Gasteiger partial charge on any atom is 0.246 e. The lowest BCUT2D eigenvalue weighted by Gasteiger charge is -2.11. The maximum absolute atomic E-state index is 14.0. The van der Waals surface area contributed by atoms with Crippen LogP contribution in [0.2, 0.25) is 0 Å². The summed E-state index contributed by atoms with van der Waals surface area (Å²) in [6.45, 7) is -0.157. The van der Waals surface area contributed by atoms with Crippen LogP contribution in [0.25, 0.3) is 10.9 Å². The summed E-state index contributed by atoms with van der Waals surface area (Å²) in [5.41, 5.74) is -0.198. The van der Waals surface area contributed by atoms with E-state index in [1.165, 1.54) is 47.4 Å². The first-order valence-electron chi connectivity index (χ1n) is 6.50. The predicted molar refractivity (Wildman–Crippen MR) is 78.8 cm³/mol. The molecule has 3 aromatic rings. The van der Waals surface area contributed by atoms with E-state index in [0.29, 0.717) is 0 Å². The molecule has 1 aromatic carbocycles. The third-order valence-corrected chi connectivity index (χ3v) is 3.08. The highest BCUT2D eigenvalue weighted by molar-refractivity contribution is 5.90. The second kappa shape index (κ2) is 5.72. The molecule has 0 saturated carbocycles. The van der Waals surface area contributed by atoms with E-state index in [1.807, 2.05) is 0 Å².